The van der Waals surface area contributed by atoms with E-state index in [4.69, 9.17) is 10.3 Å². The lowest BCUT2D eigenvalue weighted by Crippen LogP contribution is -2.44. The molecule has 0 radical (unpaired) electrons. The number of rotatable bonds is 2. The average molecular weight is 343 g/mol. The van der Waals surface area contributed by atoms with E-state index in [1.807, 2.05) is 6.92 Å². The van der Waals surface area contributed by atoms with Gasteiger partial charge in [-0.3, -0.25) is 4.55 Å². The lowest BCUT2D eigenvalue weighted by molar-refractivity contribution is 0.216. The fourth-order valence-corrected chi connectivity index (χ4v) is 3.32. The molecule has 0 aliphatic heterocycles. The molecule has 3 N–H and O–H groups in total. The molecule has 0 amide bonds. The third kappa shape index (κ3) is 7.44. The van der Waals surface area contributed by atoms with E-state index in [1.165, 1.54) is 50.7 Å². The summed E-state index contributed by atoms with van der Waals surface area (Å²) in [6.45, 7) is 1.84. The molecule has 0 aromatic heterocycles. The highest BCUT2D eigenvalue weighted by Gasteiger charge is 2.20. The number of benzene rings is 1. The Morgan fingerprint density at radius 2 is 1.57 bits per heavy atom. The van der Waals surface area contributed by atoms with Crippen LogP contribution < -0.4 is 5.73 Å². The number of aryl methyl sites for hydroxylation is 1. The highest BCUT2D eigenvalue weighted by atomic mass is 32.2. The summed E-state index contributed by atoms with van der Waals surface area (Å²) in [5.41, 5.74) is 7.06. The summed E-state index contributed by atoms with van der Waals surface area (Å²) in [6.07, 6.45) is 7.96. The van der Waals surface area contributed by atoms with Crippen molar-refractivity contribution in [3.63, 3.8) is 0 Å². The average Bonchev–Trinajstić information content (AvgIpc) is 2.43. The molecular weight excluding hydrogens is 312 g/mol. The zero-order valence-electron chi connectivity index (χ0n) is 14.4. The van der Waals surface area contributed by atoms with Crippen molar-refractivity contribution in [2.24, 2.45) is 5.73 Å². The van der Waals surface area contributed by atoms with Crippen LogP contribution in [0.4, 0.5) is 0 Å². The van der Waals surface area contributed by atoms with Gasteiger partial charge in [0.05, 0.1) is 4.90 Å². The first-order valence-corrected chi connectivity index (χ1v) is 9.62. The quantitative estimate of drug-likeness (QED) is 0.808. The van der Waals surface area contributed by atoms with Crippen LogP contribution in [0.15, 0.2) is 29.2 Å². The van der Waals surface area contributed by atoms with E-state index in [-0.39, 0.29) is 4.90 Å². The molecule has 0 bridgehead atoms. The molecule has 0 spiro atoms. The summed E-state index contributed by atoms with van der Waals surface area (Å²) in [5.74, 6) is 0. The van der Waals surface area contributed by atoms with Gasteiger partial charge in [-0.05, 0) is 46.0 Å². The maximum Gasteiger partial charge on any atom is 0.294 e. The third-order valence-corrected chi connectivity index (χ3v) is 5.13. The molecule has 5 nitrogen and oxygen atoms in total. The molecule has 2 atom stereocenters. The largest absolute Gasteiger partial charge is 0.326 e. The van der Waals surface area contributed by atoms with E-state index in [9.17, 15) is 8.42 Å². The molecule has 1 saturated carbocycles. The minimum absolute atomic E-state index is 0.0666. The minimum Gasteiger partial charge on any atom is -0.326 e. The normalized spacial score (nSPS) is 22.7. The lowest BCUT2D eigenvalue weighted by atomic mass is 9.92. The number of likely N-dealkylation sites (N-methyl/N-ethyl adjacent to an activating group) is 1. The van der Waals surface area contributed by atoms with Crippen molar-refractivity contribution in [3.8, 4) is 0 Å². The second-order valence-electron chi connectivity index (χ2n) is 6.47. The van der Waals surface area contributed by atoms with Gasteiger partial charge in [0, 0.05) is 12.1 Å². The monoisotopic (exact) mass is 342 g/mol. The minimum atomic E-state index is -4.02. The fourth-order valence-electron chi connectivity index (χ4n) is 2.84. The Morgan fingerprint density at radius 3 is 2.04 bits per heavy atom. The van der Waals surface area contributed by atoms with E-state index < -0.39 is 10.1 Å². The Morgan fingerprint density at radius 1 is 1.04 bits per heavy atom. The molecule has 1 aromatic rings. The van der Waals surface area contributed by atoms with Gasteiger partial charge in [-0.2, -0.15) is 8.42 Å². The van der Waals surface area contributed by atoms with Crippen LogP contribution in [0.2, 0.25) is 0 Å². The maximum absolute atomic E-state index is 10.5. The van der Waals surface area contributed by atoms with Crippen LogP contribution in [0.5, 0.6) is 0 Å². The summed E-state index contributed by atoms with van der Waals surface area (Å²) in [4.78, 5) is 2.22. The van der Waals surface area contributed by atoms with E-state index in [0.717, 1.165) is 5.56 Å². The topological polar surface area (TPSA) is 83.6 Å². The predicted octanol–water partition coefficient (Wildman–Crippen LogP) is 2.84. The van der Waals surface area contributed by atoms with E-state index in [2.05, 4.69) is 19.0 Å². The molecular formula is C17H30N2O3S. The Bertz CT molecular complexity index is 556. The van der Waals surface area contributed by atoms with Crippen LogP contribution in [0.25, 0.3) is 0 Å². The second-order valence-corrected chi connectivity index (χ2v) is 7.90. The SMILES string of the molecule is CN(C)[C@@H]1CCCCCC[C@H]1N.Cc1ccc(S(=O)(=O)O)cc1. The molecule has 6 heteroatoms. The van der Waals surface area contributed by atoms with Gasteiger partial charge in [0.1, 0.15) is 0 Å². The van der Waals surface area contributed by atoms with E-state index in [0.29, 0.717) is 12.1 Å². The summed E-state index contributed by atoms with van der Waals surface area (Å²) in [7, 11) is 0.270. The van der Waals surface area contributed by atoms with Gasteiger partial charge in [-0.25, -0.2) is 0 Å². The van der Waals surface area contributed by atoms with Crippen LogP contribution in [-0.4, -0.2) is 44.0 Å². The zero-order chi connectivity index (χ0) is 17.5. The fraction of sp³-hybridized carbons (Fsp3) is 0.647. The highest BCUT2D eigenvalue weighted by molar-refractivity contribution is 7.85. The zero-order valence-corrected chi connectivity index (χ0v) is 15.2. The van der Waals surface area contributed by atoms with E-state index >= 15 is 0 Å². The van der Waals surface area contributed by atoms with Crippen molar-refractivity contribution in [2.45, 2.75) is 62.4 Å². The van der Waals surface area contributed by atoms with Crippen molar-refractivity contribution < 1.29 is 13.0 Å². The summed E-state index contributed by atoms with van der Waals surface area (Å²) >= 11 is 0. The van der Waals surface area contributed by atoms with Crippen LogP contribution in [0.3, 0.4) is 0 Å². The van der Waals surface area contributed by atoms with Gasteiger partial charge >= 0.3 is 0 Å². The first-order valence-electron chi connectivity index (χ1n) is 8.18. The maximum atomic E-state index is 10.5. The summed E-state index contributed by atoms with van der Waals surface area (Å²) < 4.78 is 29.6. The first-order chi connectivity index (χ1) is 10.7. The molecule has 23 heavy (non-hydrogen) atoms. The van der Waals surface area contributed by atoms with Crippen molar-refractivity contribution in [1.29, 1.82) is 0 Å². The molecule has 1 aliphatic carbocycles. The number of nitrogens with zero attached hydrogens (tertiary/aromatic N) is 1. The third-order valence-electron chi connectivity index (χ3n) is 4.26. The van der Waals surface area contributed by atoms with Gasteiger partial charge in [0.2, 0.25) is 0 Å². The Kier molecular flexibility index (Phi) is 8.19. The Labute approximate surface area is 140 Å². The van der Waals surface area contributed by atoms with Crippen LogP contribution in [0, 0.1) is 6.92 Å². The highest BCUT2D eigenvalue weighted by Crippen LogP contribution is 2.19. The van der Waals surface area contributed by atoms with Crippen molar-refractivity contribution in [2.75, 3.05) is 14.1 Å². The molecule has 2 rings (SSSR count). The molecule has 0 unspecified atom stereocenters. The van der Waals surface area contributed by atoms with Gasteiger partial charge < -0.3 is 10.6 Å². The molecule has 1 aliphatic rings. The number of hydrogen-bond donors (Lipinski definition) is 2. The van der Waals surface area contributed by atoms with Crippen molar-refractivity contribution in [1.82, 2.24) is 4.90 Å². The molecule has 0 saturated heterocycles. The predicted molar refractivity (Wildman–Crippen MR) is 94.1 cm³/mol. The van der Waals surface area contributed by atoms with Crippen LogP contribution in [0.1, 0.15) is 44.1 Å². The summed E-state index contributed by atoms with van der Waals surface area (Å²) in [6, 6.07) is 7.01. The Hall–Kier alpha value is -0.950. The second kappa shape index (κ2) is 9.37. The van der Waals surface area contributed by atoms with Crippen molar-refractivity contribution >= 4 is 10.1 Å². The summed E-state index contributed by atoms with van der Waals surface area (Å²) in [5, 5.41) is 0. The van der Waals surface area contributed by atoms with E-state index in [1.54, 1.807) is 12.1 Å². The van der Waals surface area contributed by atoms with Gasteiger partial charge in [0.15, 0.2) is 0 Å². The smallest absolute Gasteiger partial charge is 0.294 e. The van der Waals surface area contributed by atoms with Gasteiger partial charge in [-0.15, -0.1) is 0 Å². The van der Waals surface area contributed by atoms with Gasteiger partial charge in [-0.1, -0.05) is 43.4 Å². The van der Waals surface area contributed by atoms with Gasteiger partial charge in [0.25, 0.3) is 10.1 Å². The number of hydrogen-bond acceptors (Lipinski definition) is 4. The molecule has 1 aromatic carbocycles. The Balaban J connectivity index is 0.000000231. The number of nitrogens with two attached hydrogens (primary N) is 1. The van der Waals surface area contributed by atoms with Crippen LogP contribution in [-0.2, 0) is 10.1 Å². The standard InChI is InChI=1S/C10H22N2.C7H8O3S/c1-12(2)10-8-6-4-3-5-7-9(10)11;1-6-2-4-7(5-3-6)11(8,9)10/h9-10H,3-8,11H2,1-2H3;2-5H,1H3,(H,8,9,10)/t9-,10-;/m1./s1. The van der Waals surface area contributed by atoms with Crippen molar-refractivity contribution in [3.05, 3.63) is 29.8 Å². The molecule has 132 valence electrons. The van der Waals surface area contributed by atoms with Crippen LogP contribution >= 0.6 is 0 Å². The molecule has 1 fully saturated rings. The molecule has 0 heterocycles. The lowest BCUT2D eigenvalue weighted by Gasteiger charge is -2.31. The first kappa shape index (κ1) is 20.1.